The SMILES string of the molecule is Cc1cc(C)cc(OCC(=O)Nc2ccc(C)cc2[N+](=O)[O-])c1. The van der Waals surface area contributed by atoms with E-state index in [0.29, 0.717) is 5.75 Å². The van der Waals surface area contributed by atoms with E-state index in [1.54, 1.807) is 13.0 Å². The number of amides is 1. The van der Waals surface area contributed by atoms with Crippen LogP contribution in [-0.4, -0.2) is 17.4 Å². The van der Waals surface area contributed by atoms with E-state index in [1.165, 1.54) is 12.1 Å². The Balaban J connectivity index is 2.04. The van der Waals surface area contributed by atoms with Gasteiger partial charge in [0.2, 0.25) is 0 Å². The number of carbonyl (C=O) groups excluding carboxylic acids is 1. The van der Waals surface area contributed by atoms with Gasteiger partial charge in [0.25, 0.3) is 11.6 Å². The van der Waals surface area contributed by atoms with Crippen LogP contribution in [0.15, 0.2) is 36.4 Å². The number of rotatable bonds is 5. The highest BCUT2D eigenvalue weighted by molar-refractivity contribution is 5.94. The van der Waals surface area contributed by atoms with Crippen molar-refractivity contribution in [2.45, 2.75) is 20.8 Å². The smallest absolute Gasteiger partial charge is 0.293 e. The lowest BCUT2D eigenvalue weighted by atomic mass is 10.1. The molecule has 6 nitrogen and oxygen atoms in total. The van der Waals surface area contributed by atoms with Gasteiger partial charge in [0.05, 0.1) is 4.92 Å². The molecule has 0 aliphatic carbocycles. The highest BCUT2D eigenvalue weighted by Crippen LogP contribution is 2.25. The molecule has 1 N–H and O–H groups in total. The molecule has 23 heavy (non-hydrogen) atoms. The summed E-state index contributed by atoms with van der Waals surface area (Å²) in [6.45, 7) is 5.42. The van der Waals surface area contributed by atoms with E-state index in [0.717, 1.165) is 16.7 Å². The molecular formula is C17H18N2O4. The lowest BCUT2D eigenvalue weighted by molar-refractivity contribution is -0.384. The predicted molar refractivity (Wildman–Crippen MR) is 87.9 cm³/mol. The normalized spacial score (nSPS) is 10.2. The first-order valence-electron chi connectivity index (χ1n) is 7.11. The van der Waals surface area contributed by atoms with Crippen LogP contribution in [0.2, 0.25) is 0 Å². The summed E-state index contributed by atoms with van der Waals surface area (Å²) < 4.78 is 5.44. The van der Waals surface area contributed by atoms with Crippen LogP contribution >= 0.6 is 0 Å². The number of hydrogen-bond acceptors (Lipinski definition) is 4. The van der Waals surface area contributed by atoms with Crippen LogP contribution in [0, 0.1) is 30.9 Å². The predicted octanol–water partition coefficient (Wildman–Crippen LogP) is 3.54. The number of aryl methyl sites for hydroxylation is 3. The second kappa shape index (κ2) is 6.91. The number of ether oxygens (including phenoxy) is 1. The van der Waals surface area contributed by atoms with Gasteiger partial charge in [0.15, 0.2) is 6.61 Å². The van der Waals surface area contributed by atoms with Crippen LogP contribution in [0.5, 0.6) is 5.75 Å². The molecule has 6 heteroatoms. The molecule has 0 heterocycles. The second-order valence-corrected chi connectivity index (χ2v) is 5.44. The van der Waals surface area contributed by atoms with Crippen molar-refractivity contribution >= 4 is 17.3 Å². The zero-order valence-corrected chi connectivity index (χ0v) is 13.3. The summed E-state index contributed by atoms with van der Waals surface area (Å²) >= 11 is 0. The van der Waals surface area contributed by atoms with Gasteiger partial charge in [-0.15, -0.1) is 0 Å². The van der Waals surface area contributed by atoms with Gasteiger partial charge in [-0.3, -0.25) is 14.9 Å². The standard InChI is InChI=1S/C17H18N2O4/c1-11-4-5-15(16(9-11)19(21)22)18-17(20)10-23-14-7-12(2)6-13(3)8-14/h4-9H,10H2,1-3H3,(H,18,20). The largest absolute Gasteiger partial charge is 0.484 e. The summed E-state index contributed by atoms with van der Waals surface area (Å²) in [5, 5.41) is 13.5. The second-order valence-electron chi connectivity index (χ2n) is 5.44. The van der Waals surface area contributed by atoms with Gasteiger partial charge in [0, 0.05) is 6.07 Å². The molecule has 0 aliphatic heterocycles. The van der Waals surface area contributed by atoms with Crippen molar-refractivity contribution in [3.63, 3.8) is 0 Å². The molecule has 120 valence electrons. The summed E-state index contributed by atoms with van der Waals surface area (Å²) in [5.41, 5.74) is 2.85. The molecular weight excluding hydrogens is 296 g/mol. The lowest BCUT2D eigenvalue weighted by Gasteiger charge is -2.09. The first kappa shape index (κ1) is 16.5. The Kier molecular flexibility index (Phi) is 4.95. The van der Waals surface area contributed by atoms with Gasteiger partial charge in [0.1, 0.15) is 11.4 Å². The molecule has 0 atom stereocenters. The molecule has 0 saturated heterocycles. The third kappa shape index (κ3) is 4.54. The molecule has 0 fully saturated rings. The van der Waals surface area contributed by atoms with Crippen molar-refractivity contribution < 1.29 is 14.5 Å². The molecule has 0 aromatic heterocycles. The maximum absolute atomic E-state index is 12.0. The van der Waals surface area contributed by atoms with Crippen LogP contribution in [0.4, 0.5) is 11.4 Å². The fourth-order valence-corrected chi connectivity index (χ4v) is 2.25. The van der Waals surface area contributed by atoms with E-state index < -0.39 is 10.8 Å². The van der Waals surface area contributed by atoms with Gasteiger partial charge in [-0.25, -0.2) is 0 Å². The van der Waals surface area contributed by atoms with E-state index in [2.05, 4.69) is 5.32 Å². The minimum atomic E-state index is -0.520. The van der Waals surface area contributed by atoms with E-state index in [-0.39, 0.29) is 18.0 Å². The van der Waals surface area contributed by atoms with E-state index in [1.807, 2.05) is 32.0 Å². The van der Waals surface area contributed by atoms with Crippen LogP contribution in [0.3, 0.4) is 0 Å². The lowest BCUT2D eigenvalue weighted by Crippen LogP contribution is -2.20. The fraction of sp³-hybridized carbons (Fsp3) is 0.235. The number of hydrogen-bond donors (Lipinski definition) is 1. The van der Waals surface area contributed by atoms with E-state index >= 15 is 0 Å². The van der Waals surface area contributed by atoms with Crippen molar-refractivity contribution in [2.75, 3.05) is 11.9 Å². The number of nitro groups is 1. The Morgan fingerprint density at radius 3 is 2.35 bits per heavy atom. The van der Waals surface area contributed by atoms with Crippen LogP contribution in [-0.2, 0) is 4.79 Å². The zero-order chi connectivity index (χ0) is 17.0. The maximum atomic E-state index is 12.0. The third-order valence-electron chi connectivity index (χ3n) is 3.19. The number of nitro benzene ring substituents is 1. The average molecular weight is 314 g/mol. The van der Waals surface area contributed by atoms with E-state index in [4.69, 9.17) is 4.74 Å². The van der Waals surface area contributed by atoms with Crippen molar-refractivity contribution in [1.82, 2.24) is 0 Å². The minimum Gasteiger partial charge on any atom is -0.484 e. The molecule has 0 radical (unpaired) electrons. The minimum absolute atomic E-state index is 0.134. The molecule has 1 amide bonds. The number of carbonyl (C=O) groups is 1. The summed E-state index contributed by atoms with van der Waals surface area (Å²) in [6.07, 6.45) is 0. The molecule has 0 saturated carbocycles. The Morgan fingerprint density at radius 1 is 1.09 bits per heavy atom. The zero-order valence-electron chi connectivity index (χ0n) is 13.3. The summed E-state index contributed by atoms with van der Waals surface area (Å²) in [4.78, 5) is 22.5. The Labute approximate surface area is 134 Å². The van der Waals surface area contributed by atoms with Gasteiger partial charge in [-0.05, 0) is 55.7 Å². The summed E-state index contributed by atoms with van der Waals surface area (Å²) in [7, 11) is 0. The molecule has 2 aromatic rings. The highest BCUT2D eigenvalue weighted by atomic mass is 16.6. The Hall–Kier alpha value is -2.89. The molecule has 0 unspecified atom stereocenters. The number of benzene rings is 2. The highest BCUT2D eigenvalue weighted by Gasteiger charge is 2.16. The van der Waals surface area contributed by atoms with Crippen LogP contribution in [0.1, 0.15) is 16.7 Å². The van der Waals surface area contributed by atoms with Crippen LogP contribution in [0.25, 0.3) is 0 Å². The molecule has 0 aliphatic rings. The maximum Gasteiger partial charge on any atom is 0.293 e. The van der Waals surface area contributed by atoms with Crippen LogP contribution < -0.4 is 10.1 Å². The Bertz CT molecular complexity index is 736. The summed E-state index contributed by atoms with van der Waals surface area (Å²) in [6, 6.07) is 10.3. The number of nitrogens with zero attached hydrogens (tertiary/aromatic N) is 1. The average Bonchev–Trinajstić information content (AvgIpc) is 2.46. The van der Waals surface area contributed by atoms with Crippen molar-refractivity contribution in [1.29, 1.82) is 0 Å². The van der Waals surface area contributed by atoms with Crippen molar-refractivity contribution in [3.8, 4) is 5.75 Å². The summed E-state index contributed by atoms with van der Waals surface area (Å²) in [5.74, 6) is 0.146. The van der Waals surface area contributed by atoms with Crippen molar-refractivity contribution in [3.05, 3.63) is 63.2 Å². The van der Waals surface area contributed by atoms with Crippen molar-refractivity contribution in [2.24, 2.45) is 0 Å². The molecule has 0 bridgehead atoms. The number of nitrogens with one attached hydrogen (secondary N) is 1. The topological polar surface area (TPSA) is 81.5 Å². The number of anilines is 1. The van der Waals surface area contributed by atoms with E-state index in [9.17, 15) is 14.9 Å². The van der Waals surface area contributed by atoms with Gasteiger partial charge in [-0.1, -0.05) is 12.1 Å². The Morgan fingerprint density at radius 2 is 1.74 bits per heavy atom. The molecule has 2 rings (SSSR count). The van der Waals surface area contributed by atoms with Gasteiger partial charge < -0.3 is 10.1 Å². The van der Waals surface area contributed by atoms with Gasteiger partial charge in [-0.2, -0.15) is 0 Å². The quantitative estimate of drug-likeness (QED) is 0.676. The third-order valence-corrected chi connectivity index (χ3v) is 3.19. The monoisotopic (exact) mass is 314 g/mol. The first-order chi connectivity index (χ1) is 10.8. The van der Waals surface area contributed by atoms with Gasteiger partial charge >= 0.3 is 0 Å². The molecule has 0 spiro atoms. The first-order valence-corrected chi connectivity index (χ1v) is 7.11. The fourth-order valence-electron chi connectivity index (χ4n) is 2.25. The molecule has 2 aromatic carbocycles.